The first-order valence-corrected chi connectivity index (χ1v) is 11.7. The van der Waals surface area contributed by atoms with Gasteiger partial charge in [-0.1, -0.05) is 50.3 Å². The van der Waals surface area contributed by atoms with E-state index in [2.05, 4.69) is 58.3 Å². The van der Waals surface area contributed by atoms with Crippen LogP contribution in [0.2, 0.25) is 0 Å². The van der Waals surface area contributed by atoms with Crippen molar-refractivity contribution >= 4 is 31.3 Å². The molecule has 28 heavy (non-hydrogen) atoms. The predicted molar refractivity (Wildman–Crippen MR) is 126 cm³/mol. The fourth-order valence-corrected chi connectivity index (χ4v) is 4.42. The molecule has 2 nitrogen and oxygen atoms in total. The zero-order valence-corrected chi connectivity index (χ0v) is 18.8. The maximum atomic E-state index is 11.8. The van der Waals surface area contributed by atoms with Crippen molar-refractivity contribution in [3.05, 3.63) is 71.0 Å². The first-order valence-electron chi connectivity index (χ1n) is 10.0. The minimum absolute atomic E-state index is 0.108. The third kappa shape index (κ3) is 5.06. The number of allylic oxidation sites excluding steroid dienone is 5. The Hall–Kier alpha value is -2.05. The molecule has 3 heteroatoms. The maximum absolute atomic E-state index is 11.8. The van der Waals surface area contributed by atoms with Crippen molar-refractivity contribution in [2.24, 2.45) is 5.92 Å². The fourth-order valence-electron chi connectivity index (χ4n) is 3.56. The molecule has 0 aliphatic rings. The van der Waals surface area contributed by atoms with Gasteiger partial charge in [-0.15, -0.1) is 8.58 Å². The standard InChI is InChI=1S/C25H32NOP/c1-7-19-14-21-11-9-10-12-24(21)26-25(19)18(5)13-22(20(8-2)15-27)23(16-28-6)17(3)4/h9-15,20,28H,3,7-8,16H2,1-2,4-6H3/b18-13+,23-22+. The molecule has 0 saturated carbocycles. The van der Waals surface area contributed by atoms with E-state index in [-0.39, 0.29) is 5.92 Å². The summed E-state index contributed by atoms with van der Waals surface area (Å²) in [4.78, 5) is 16.8. The molecule has 2 rings (SSSR count). The Kier molecular flexibility index (Phi) is 8.33. The molecule has 2 unspecified atom stereocenters. The van der Waals surface area contributed by atoms with Gasteiger partial charge in [0.1, 0.15) is 6.29 Å². The molecule has 0 radical (unpaired) electrons. The van der Waals surface area contributed by atoms with Crippen molar-refractivity contribution in [3.8, 4) is 0 Å². The number of benzene rings is 1. The fraction of sp³-hybridized carbons (Fsp3) is 0.360. The number of hydrogen-bond donors (Lipinski definition) is 0. The van der Waals surface area contributed by atoms with Crippen LogP contribution in [0.3, 0.4) is 0 Å². The molecule has 2 aromatic rings. The summed E-state index contributed by atoms with van der Waals surface area (Å²) in [5, 5.41) is 1.17. The number of fused-ring (bicyclic) bond motifs is 1. The Bertz CT molecular complexity index is 923. The zero-order chi connectivity index (χ0) is 20.7. The second-order valence-corrected chi connectivity index (χ2v) is 8.33. The monoisotopic (exact) mass is 393 g/mol. The van der Waals surface area contributed by atoms with Gasteiger partial charge in [-0.3, -0.25) is 0 Å². The highest BCUT2D eigenvalue weighted by atomic mass is 31.1. The van der Waals surface area contributed by atoms with Crippen LogP contribution in [0.4, 0.5) is 0 Å². The Labute approximate surface area is 171 Å². The lowest BCUT2D eigenvalue weighted by Gasteiger charge is -2.19. The van der Waals surface area contributed by atoms with Gasteiger partial charge in [-0.25, -0.2) is 4.98 Å². The van der Waals surface area contributed by atoms with Crippen molar-refractivity contribution < 1.29 is 4.79 Å². The van der Waals surface area contributed by atoms with Crippen LogP contribution in [0.1, 0.15) is 45.4 Å². The normalized spacial score (nSPS) is 14.4. The van der Waals surface area contributed by atoms with Crippen LogP contribution in [-0.4, -0.2) is 24.1 Å². The van der Waals surface area contributed by atoms with Crippen molar-refractivity contribution in [1.82, 2.24) is 4.98 Å². The minimum Gasteiger partial charge on any atom is -0.303 e. The number of rotatable bonds is 9. The summed E-state index contributed by atoms with van der Waals surface area (Å²) in [6.07, 6.45) is 5.94. The highest BCUT2D eigenvalue weighted by molar-refractivity contribution is 7.37. The van der Waals surface area contributed by atoms with Crippen LogP contribution in [0, 0.1) is 5.92 Å². The van der Waals surface area contributed by atoms with Crippen LogP contribution in [0.15, 0.2) is 59.7 Å². The molecule has 0 N–H and O–H groups in total. The van der Waals surface area contributed by atoms with Crippen molar-refractivity contribution in [2.45, 2.75) is 40.5 Å². The van der Waals surface area contributed by atoms with Crippen LogP contribution in [0.5, 0.6) is 0 Å². The van der Waals surface area contributed by atoms with Crippen LogP contribution < -0.4 is 0 Å². The van der Waals surface area contributed by atoms with Crippen LogP contribution in [0.25, 0.3) is 16.5 Å². The molecule has 2 atom stereocenters. The van der Waals surface area contributed by atoms with Crippen LogP contribution >= 0.6 is 8.58 Å². The molecule has 1 heterocycles. The number of carbonyl (C=O) groups excluding carboxylic acids is 1. The highest BCUT2D eigenvalue weighted by Gasteiger charge is 2.17. The molecule has 0 fully saturated rings. The zero-order valence-electron chi connectivity index (χ0n) is 17.8. The van der Waals surface area contributed by atoms with Crippen LogP contribution in [-0.2, 0) is 11.2 Å². The summed E-state index contributed by atoms with van der Waals surface area (Å²) >= 11 is 0. The first-order chi connectivity index (χ1) is 13.5. The summed E-state index contributed by atoms with van der Waals surface area (Å²) in [6, 6.07) is 10.5. The lowest BCUT2D eigenvalue weighted by Crippen LogP contribution is -2.09. The third-order valence-electron chi connectivity index (χ3n) is 5.15. The van der Waals surface area contributed by atoms with Gasteiger partial charge in [0, 0.05) is 11.3 Å². The number of carbonyl (C=O) groups is 1. The highest BCUT2D eigenvalue weighted by Crippen LogP contribution is 2.31. The topological polar surface area (TPSA) is 30.0 Å². The molecular weight excluding hydrogens is 361 g/mol. The number of aryl methyl sites for hydroxylation is 1. The molecule has 0 saturated heterocycles. The molecule has 1 aromatic heterocycles. The largest absolute Gasteiger partial charge is 0.303 e. The molecule has 0 amide bonds. The van der Waals surface area contributed by atoms with E-state index in [0.717, 1.165) is 61.8 Å². The van der Waals surface area contributed by atoms with E-state index < -0.39 is 0 Å². The van der Waals surface area contributed by atoms with E-state index in [1.807, 2.05) is 19.1 Å². The van der Waals surface area contributed by atoms with E-state index in [0.29, 0.717) is 0 Å². The summed E-state index contributed by atoms with van der Waals surface area (Å²) in [5.41, 5.74) is 7.75. The van der Waals surface area contributed by atoms with Crippen molar-refractivity contribution in [1.29, 1.82) is 0 Å². The van der Waals surface area contributed by atoms with E-state index >= 15 is 0 Å². The van der Waals surface area contributed by atoms with Gasteiger partial charge >= 0.3 is 0 Å². The van der Waals surface area contributed by atoms with E-state index in [1.54, 1.807) is 0 Å². The maximum Gasteiger partial charge on any atom is 0.127 e. The van der Waals surface area contributed by atoms with Gasteiger partial charge in [0.05, 0.1) is 11.2 Å². The predicted octanol–water partition coefficient (Wildman–Crippen LogP) is 6.61. The molecule has 0 spiro atoms. The number of hydrogen-bond acceptors (Lipinski definition) is 2. The molecular formula is C25H32NOP. The van der Waals surface area contributed by atoms with Gasteiger partial charge in [-0.05, 0) is 73.9 Å². The van der Waals surface area contributed by atoms with Gasteiger partial charge in [-0.2, -0.15) is 0 Å². The summed E-state index contributed by atoms with van der Waals surface area (Å²) in [7, 11) is 0.788. The molecule has 148 valence electrons. The number of aromatic nitrogens is 1. The first kappa shape index (κ1) is 22.2. The average molecular weight is 394 g/mol. The number of aldehydes is 1. The van der Waals surface area contributed by atoms with Gasteiger partial charge in [0.15, 0.2) is 0 Å². The van der Waals surface area contributed by atoms with Crippen molar-refractivity contribution in [2.75, 3.05) is 12.8 Å². The lowest BCUT2D eigenvalue weighted by molar-refractivity contribution is -0.110. The average Bonchev–Trinajstić information content (AvgIpc) is 2.70. The molecule has 0 aliphatic carbocycles. The number of nitrogens with zero attached hydrogens (tertiary/aromatic N) is 1. The quantitative estimate of drug-likeness (QED) is 0.273. The second-order valence-electron chi connectivity index (χ2n) is 7.27. The third-order valence-corrected chi connectivity index (χ3v) is 5.86. The Balaban J connectivity index is 2.69. The second kappa shape index (κ2) is 10.5. The van der Waals surface area contributed by atoms with E-state index in [4.69, 9.17) is 4.98 Å². The van der Waals surface area contributed by atoms with Gasteiger partial charge in [0.25, 0.3) is 0 Å². The number of pyridine rings is 1. The lowest BCUT2D eigenvalue weighted by atomic mass is 9.88. The SMILES string of the molecule is C=C(C)/C(CPC)=C(\C=C(/C)c1nc2ccccc2cc1CC)C(C=O)CC. The molecule has 0 aliphatic heterocycles. The minimum atomic E-state index is -0.108. The van der Waals surface area contributed by atoms with Gasteiger partial charge in [0.2, 0.25) is 0 Å². The summed E-state index contributed by atoms with van der Waals surface area (Å²) in [6.45, 7) is 14.8. The van der Waals surface area contributed by atoms with E-state index in [9.17, 15) is 4.79 Å². The van der Waals surface area contributed by atoms with Crippen molar-refractivity contribution in [3.63, 3.8) is 0 Å². The number of para-hydroxylation sites is 1. The summed E-state index contributed by atoms with van der Waals surface area (Å²) < 4.78 is 0. The Morgan fingerprint density at radius 2 is 1.96 bits per heavy atom. The smallest absolute Gasteiger partial charge is 0.127 e. The summed E-state index contributed by atoms with van der Waals surface area (Å²) in [5.74, 6) is -0.108. The van der Waals surface area contributed by atoms with Gasteiger partial charge < -0.3 is 4.79 Å². The Morgan fingerprint density at radius 3 is 2.54 bits per heavy atom. The molecule has 1 aromatic carbocycles. The van der Waals surface area contributed by atoms with E-state index in [1.165, 1.54) is 16.5 Å². The Morgan fingerprint density at radius 1 is 1.25 bits per heavy atom. The molecule has 0 bridgehead atoms.